The Kier molecular flexibility index (Phi) is 5.20. The van der Waals surface area contributed by atoms with Crippen LogP contribution in [0.25, 0.3) is 0 Å². The highest BCUT2D eigenvalue weighted by molar-refractivity contribution is 5.99. The van der Waals surface area contributed by atoms with Gasteiger partial charge in [0.25, 0.3) is 0 Å². The van der Waals surface area contributed by atoms with Gasteiger partial charge in [0.05, 0.1) is 25.9 Å². The monoisotopic (exact) mass is 347 g/mol. The number of hydrogen-bond donors (Lipinski definition) is 1. The molecule has 2 unspecified atom stereocenters. The highest BCUT2D eigenvalue weighted by Crippen LogP contribution is 2.33. The van der Waals surface area contributed by atoms with E-state index in [1.54, 1.807) is 14.2 Å². The quantitative estimate of drug-likeness (QED) is 0.850. The van der Waals surface area contributed by atoms with Gasteiger partial charge in [0.15, 0.2) is 0 Å². The molecule has 1 amide bonds. The van der Waals surface area contributed by atoms with Crippen molar-refractivity contribution < 1.29 is 14.3 Å². The zero-order valence-electron chi connectivity index (χ0n) is 15.7. The molecule has 25 heavy (non-hydrogen) atoms. The zero-order valence-corrected chi connectivity index (χ0v) is 15.7. The van der Waals surface area contributed by atoms with E-state index in [0.29, 0.717) is 11.5 Å². The van der Waals surface area contributed by atoms with Crippen molar-refractivity contribution in [1.29, 1.82) is 0 Å². The fraction of sp³-hybridized carbons (Fsp3) is 0.632. The van der Waals surface area contributed by atoms with E-state index in [2.05, 4.69) is 24.2 Å². The maximum absolute atomic E-state index is 13.0. The summed E-state index contributed by atoms with van der Waals surface area (Å²) in [5.41, 5.74) is 1.09. The van der Waals surface area contributed by atoms with Crippen LogP contribution in [-0.2, 0) is 4.79 Å². The van der Waals surface area contributed by atoms with Crippen LogP contribution in [0.2, 0.25) is 0 Å². The Hall–Kier alpha value is -1.79. The SMILES string of the molecule is COc1cc(OC)cc(N2CCC(N(C)CC3(C)CCNC3)C2=O)c1. The number of methoxy groups -OCH3 is 2. The van der Waals surface area contributed by atoms with Gasteiger partial charge in [-0.15, -0.1) is 0 Å². The van der Waals surface area contributed by atoms with Crippen LogP contribution in [-0.4, -0.2) is 64.3 Å². The van der Waals surface area contributed by atoms with E-state index in [4.69, 9.17) is 9.47 Å². The number of anilines is 1. The molecular weight excluding hydrogens is 318 g/mol. The average molecular weight is 347 g/mol. The molecule has 1 N–H and O–H groups in total. The summed E-state index contributed by atoms with van der Waals surface area (Å²) in [4.78, 5) is 17.1. The predicted octanol–water partition coefficient (Wildman–Crippen LogP) is 1.74. The van der Waals surface area contributed by atoms with Crippen molar-refractivity contribution in [3.63, 3.8) is 0 Å². The second-order valence-corrected chi connectivity index (χ2v) is 7.52. The van der Waals surface area contributed by atoms with E-state index in [1.165, 1.54) is 0 Å². The van der Waals surface area contributed by atoms with Gasteiger partial charge >= 0.3 is 0 Å². The second kappa shape index (κ2) is 7.22. The van der Waals surface area contributed by atoms with E-state index in [-0.39, 0.29) is 17.4 Å². The molecule has 0 bridgehead atoms. The maximum Gasteiger partial charge on any atom is 0.244 e. The lowest BCUT2D eigenvalue weighted by Crippen LogP contribution is -2.45. The first-order chi connectivity index (χ1) is 12.0. The minimum atomic E-state index is -0.0605. The highest BCUT2D eigenvalue weighted by atomic mass is 16.5. The summed E-state index contributed by atoms with van der Waals surface area (Å²) in [5.74, 6) is 1.55. The van der Waals surface area contributed by atoms with Crippen LogP contribution in [0.4, 0.5) is 5.69 Å². The number of nitrogens with one attached hydrogen (secondary N) is 1. The van der Waals surface area contributed by atoms with Gasteiger partial charge in [-0.05, 0) is 31.8 Å². The molecule has 0 radical (unpaired) electrons. The molecule has 3 rings (SSSR count). The zero-order chi connectivity index (χ0) is 18.0. The fourth-order valence-electron chi connectivity index (χ4n) is 3.99. The summed E-state index contributed by atoms with van der Waals surface area (Å²) >= 11 is 0. The van der Waals surface area contributed by atoms with E-state index < -0.39 is 0 Å². The fourth-order valence-corrected chi connectivity index (χ4v) is 3.99. The van der Waals surface area contributed by atoms with Crippen LogP contribution in [0.3, 0.4) is 0 Å². The number of carbonyl (C=O) groups is 1. The van der Waals surface area contributed by atoms with Crippen LogP contribution in [0.1, 0.15) is 19.8 Å². The number of nitrogens with zero attached hydrogens (tertiary/aromatic N) is 2. The van der Waals surface area contributed by atoms with E-state index in [0.717, 1.165) is 44.7 Å². The first-order valence-corrected chi connectivity index (χ1v) is 8.91. The van der Waals surface area contributed by atoms with Gasteiger partial charge in [0.2, 0.25) is 5.91 Å². The smallest absolute Gasteiger partial charge is 0.244 e. The van der Waals surface area contributed by atoms with Gasteiger partial charge < -0.3 is 19.7 Å². The average Bonchev–Trinajstić information content (AvgIpc) is 3.20. The number of carbonyl (C=O) groups excluding carboxylic acids is 1. The van der Waals surface area contributed by atoms with Crippen LogP contribution >= 0.6 is 0 Å². The molecule has 2 heterocycles. The van der Waals surface area contributed by atoms with Crippen molar-refractivity contribution >= 4 is 11.6 Å². The molecule has 2 saturated heterocycles. The van der Waals surface area contributed by atoms with Crippen LogP contribution in [0, 0.1) is 5.41 Å². The van der Waals surface area contributed by atoms with Crippen molar-refractivity contribution in [2.45, 2.75) is 25.8 Å². The third-order valence-corrected chi connectivity index (χ3v) is 5.45. The topological polar surface area (TPSA) is 54.0 Å². The van der Waals surface area contributed by atoms with E-state index in [9.17, 15) is 4.79 Å². The summed E-state index contributed by atoms with van der Waals surface area (Å²) in [6.07, 6.45) is 2.01. The van der Waals surface area contributed by atoms with Crippen molar-refractivity contribution in [2.24, 2.45) is 5.41 Å². The van der Waals surface area contributed by atoms with Gasteiger partial charge in [-0.1, -0.05) is 6.92 Å². The first-order valence-electron chi connectivity index (χ1n) is 8.91. The predicted molar refractivity (Wildman–Crippen MR) is 98.5 cm³/mol. The lowest BCUT2D eigenvalue weighted by Gasteiger charge is -2.32. The molecule has 0 aromatic heterocycles. The van der Waals surface area contributed by atoms with E-state index in [1.807, 2.05) is 23.1 Å². The number of likely N-dealkylation sites (N-methyl/N-ethyl adjacent to an activating group) is 1. The molecule has 0 spiro atoms. The molecule has 0 aliphatic carbocycles. The Balaban J connectivity index is 1.73. The molecule has 6 nitrogen and oxygen atoms in total. The Morgan fingerprint density at radius 3 is 2.52 bits per heavy atom. The lowest BCUT2D eigenvalue weighted by atomic mass is 9.89. The number of hydrogen-bond acceptors (Lipinski definition) is 5. The Labute approximate surface area is 150 Å². The Morgan fingerprint density at radius 2 is 1.96 bits per heavy atom. The highest BCUT2D eigenvalue weighted by Gasteiger charge is 2.39. The van der Waals surface area contributed by atoms with Gasteiger partial charge in [-0.2, -0.15) is 0 Å². The standard InChI is InChI=1S/C19H29N3O3/c1-19(6-7-20-12-19)13-21(2)17-5-8-22(18(17)23)14-9-15(24-3)11-16(10-14)25-4/h9-11,17,20H,5-8,12-13H2,1-4H3. The van der Waals surface area contributed by atoms with Crippen LogP contribution in [0.15, 0.2) is 18.2 Å². The number of amides is 1. The lowest BCUT2D eigenvalue weighted by molar-refractivity contribution is -0.121. The van der Waals surface area contributed by atoms with Crippen molar-refractivity contribution in [3.05, 3.63) is 18.2 Å². The molecule has 1 aromatic carbocycles. The molecule has 1 aromatic rings. The van der Waals surface area contributed by atoms with E-state index >= 15 is 0 Å². The summed E-state index contributed by atoms with van der Waals surface area (Å²) in [7, 11) is 5.32. The van der Waals surface area contributed by atoms with Gasteiger partial charge in [0, 0.05) is 37.8 Å². The first kappa shape index (κ1) is 18.0. The Morgan fingerprint density at radius 1 is 1.28 bits per heavy atom. The third kappa shape index (κ3) is 3.75. The second-order valence-electron chi connectivity index (χ2n) is 7.52. The molecule has 0 saturated carbocycles. The molecule has 2 aliphatic heterocycles. The number of rotatable bonds is 6. The molecule has 2 fully saturated rings. The van der Waals surface area contributed by atoms with Gasteiger partial charge in [-0.25, -0.2) is 0 Å². The summed E-state index contributed by atoms with van der Waals surface area (Å²) in [6.45, 7) is 6.05. The minimum Gasteiger partial charge on any atom is -0.497 e. The molecular formula is C19H29N3O3. The van der Waals surface area contributed by atoms with Gasteiger partial charge in [-0.3, -0.25) is 9.69 Å². The summed E-state index contributed by atoms with van der Waals surface area (Å²) in [5, 5.41) is 3.43. The van der Waals surface area contributed by atoms with Crippen molar-refractivity contribution in [1.82, 2.24) is 10.2 Å². The summed E-state index contributed by atoms with van der Waals surface area (Å²) in [6, 6.07) is 5.55. The van der Waals surface area contributed by atoms with Crippen LogP contribution in [0.5, 0.6) is 11.5 Å². The number of benzene rings is 1. The molecule has 138 valence electrons. The van der Waals surface area contributed by atoms with Crippen LogP contribution < -0.4 is 19.7 Å². The van der Waals surface area contributed by atoms with Gasteiger partial charge in [0.1, 0.15) is 11.5 Å². The minimum absolute atomic E-state index is 0.0605. The normalized spacial score (nSPS) is 26.5. The largest absolute Gasteiger partial charge is 0.497 e. The molecule has 2 atom stereocenters. The van der Waals surface area contributed by atoms with Crippen molar-refractivity contribution in [2.75, 3.05) is 52.3 Å². The maximum atomic E-state index is 13.0. The molecule has 2 aliphatic rings. The summed E-state index contributed by atoms with van der Waals surface area (Å²) < 4.78 is 10.7. The third-order valence-electron chi connectivity index (χ3n) is 5.45. The Bertz CT molecular complexity index is 606. The number of ether oxygens (including phenoxy) is 2. The molecule has 6 heteroatoms. The van der Waals surface area contributed by atoms with Crippen molar-refractivity contribution in [3.8, 4) is 11.5 Å².